The minimum atomic E-state index is -4.24. The van der Waals surface area contributed by atoms with Gasteiger partial charge in [0.2, 0.25) is 0 Å². The van der Waals surface area contributed by atoms with E-state index in [-0.39, 0.29) is 42.7 Å². The molecule has 2 fully saturated rings. The summed E-state index contributed by atoms with van der Waals surface area (Å²) in [6.07, 6.45) is -0.227. The Bertz CT molecular complexity index is 2820. The summed E-state index contributed by atoms with van der Waals surface area (Å²) in [6, 6.07) is 27.2. The van der Waals surface area contributed by atoms with E-state index in [1.54, 1.807) is 26.4 Å². The molecule has 0 aliphatic carbocycles. The first-order chi connectivity index (χ1) is 33.9. The van der Waals surface area contributed by atoms with E-state index in [0.29, 0.717) is 28.2 Å². The standard InChI is InChI=1S/C51H64N7O12P/c1-33(2)58(34(3)4)71(64,27-13-9-12-25-52)70-42-29-50(57-30-35(5)46(61)55-48(57)63,49(28-41(60)43(31-59)68-49)56-26-24-45(53)54-47(56)62)69-44(42)32-67-51(36-14-10-8-11-15-36,37-16-20-39(65-6)21-17-37)38-18-22-40(66-7)23-19-38/h8-11,13-24,26,30,33-34,41-44,59-60,64,71H,12,27-29,31-32H2,1-7H3,(H2,53,54,62)(H,55,61,63)/t41-,42-,43+,44+,49-,50-/m0/s1. The van der Waals surface area contributed by atoms with Crippen molar-refractivity contribution in [2.24, 2.45) is 0 Å². The normalized spacial score (nSPS) is 22.9. The Morgan fingerprint density at radius 2 is 1.48 bits per heavy atom. The molecule has 2 aliphatic heterocycles. The summed E-state index contributed by atoms with van der Waals surface area (Å²) in [5.41, 5.74) is -0.452. The number of aliphatic hydroxyl groups excluding tert-OH is 2. The van der Waals surface area contributed by atoms with E-state index in [0.717, 1.165) is 9.13 Å². The van der Waals surface area contributed by atoms with Gasteiger partial charge in [0, 0.05) is 0 Å². The molecule has 2 aromatic heterocycles. The van der Waals surface area contributed by atoms with Gasteiger partial charge in [-0.15, -0.1) is 0 Å². The quantitative estimate of drug-likeness (QED) is 0.0411. The Hall–Kier alpha value is -6.04. The first kappa shape index (κ1) is 52.8. The molecule has 2 saturated heterocycles. The zero-order valence-corrected chi connectivity index (χ0v) is 41.9. The molecule has 380 valence electrons. The van der Waals surface area contributed by atoms with Crippen molar-refractivity contribution in [2.75, 3.05) is 39.3 Å². The van der Waals surface area contributed by atoms with E-state index < -0.39 is 85.7 Å². The maximum atomic E-state index is 14.6. The minimum absolute atomic E-state index is 0.0141. The van der Waals surface area contributed by atoms with Crippen LogP contribution in [0.2, 0.25) is 0 Å². The maximum absolute atomic E-state index is 14.6. The van der Waals surface area contributed by atoms with Gasteiger partial charge in [0.25, 0.3) is 0 Å². The van der Waals surface area contributed by atoms with Crippen LogP contribution in [-0.2, 0) is 35.8 Å². The Balaban J connectivity index is 1.53. The number of aromatic amines is 1. The number of nitriles is 1. The number of nitrogens with one attached hydrogen (secondary N) is 1. The van der Waals surface area contributed by atoms with Crippen LogP contribution in [0, 0.1) is 18.3 Å². The summed E-state index contributed by atoms with van der Waals surface area (Å²) in [5.74, 6) is 1.05. The molecule has 0 radical (unpaired) electrons. The van der Waals surface area contributed by atoms with E-state index in [1.165, 1.54) is 25.4 Å². The number of allylic oxidation sites excluding steroid dienone is 2. The summed E-state index contributed by atoms with van der Waals surface area (Å²) < 4.78 is 44.0. The number of nitrogens with two attached hydrogens (primary N) is 1. The van der Waals surface area contributed by atoms with E-state index >= 15 is 0 Å². The van der Waals surface area contributed by atoms with Crippen molar-refractivity contribution in [1.82, 2.24) is 23.8 Å². The Labute approximate surface area is 412 Å². The third-order valence-corrected chi connectivity index (χ3v) is 16.6. The van der Waals surface area contributed by atoms with Crippen LogP contribution >= 0.6 is 7.87 Å². The molecule has 4 heterocycles. The third kappa shape index (κ3) is 10.1. The van der Waals surface area contributed by atoms with E-state index in [2.05, 4.69) is 16.0 Å². The van der Waals surface area contributed by atoms with E-state index in [9.17, 15) is 34.8 Å². The summed E-state index contributed by atoms with van der Waals surface area (Å²) in [4.78, 5) is 61.7. The molecule has 0 unspecified atom stereocenters. The number of benzene rings is 3. The number of H-pyrrole nitrogens is 1. The summed E-state index contributed by atoms with van der Waals surface area (Å²) >= 11 is 0. The monoisotopic (exact) mass is 997 g/mol. The number of aliphatic hydroxyl groups is 2. The van der Waals surface area contributed by atoms with Crippen LogP contribution in [0.1, 0.15) is 69.2 Å². The fourth-order valence-corrected chi connectivity index (χ4v) is 13.5. The Morgan fingerprint density at radius 1 is 0.901 bits per heavy atom. The summed E-state index contributed by atoms with van der Waals surface area (Å²) in [6.45, 7) is 8.11. The van der Waals surface area contributed by atoms with Gasteiger partial charge >= 0.3 is 413 Å². The van der Waals surface area contributed by atoms with Gasteiger partial charge in [-0.05, 0) is 0 Å². The van der Waals surface area contributed by atoms with Crippen LogP contribution in [0.5, 0.6) is 11.5 Å². The van der Waals surface area contributed by atoms with Crippen LogP contribution in [0.4, 0.5) is 5.82 Å². The van der Waals surface area contributed by atoms with Crippen LogP contribution < -0.4 is 32.1 Å². The van der Waals surface area contributed by atoms with E-state index in [4.69, 9.17) is 33.9 Å². The van der Waals surface area contributed by atoms with Crippen LogP contribution in [0.25, 0.3) is 0 Å². The molecule has 3 aromatic carbocycles. The van der Waals surface area contributed by atoms with Gasteiger partial charge in [0.15, 0.2) is 0 Å². The number of ether oxygens (including phenoxy) is 5. The first-order valence-corrected chi connectivity index (χ1v) is 25.5. The predicted octanol–water partition coefficient (Wildman–Crippen LogP) is 4.41. The number of anilines is 1. The van der Waals surface area contributed by atoms with Gasteiger partial charge < -0.3 is 0 Å². The Kier molecular flexibility index (Phi) is 16.2. The molecule has 5 aromatic rings. The fourth-order valence-electron chi connectivity index (χ4n) is 10.2. The van der Waals surface area contributed by atoms with Crippen LogP contribution in [0.15, 0.2) is 124 Å². The van der Waals surface area contributed by atoms with Crippen molar-refractivity contribution in [3.63, 3.8) is 0 Å². The zero-order chi connectivity index (χ0) is 51.3. The molecule has 7 rings (SSSR count). The second kappa shape index (κ2) is 21.8. The van der Waals surface area contributed by atoms with Crippen molar-refractivity contribution in [2.45, 2.75) is 107 Å². The van der Waals surface area contributed by atoms with Gasteiger partial charge in [-0.3, -0.25) is 0 Å². The molecule has 0 saturated carbocycles. The SMILES string of the molecule is COc1ccc(C(OC[C@H]2O[C@](n3cc(C)c(=O)[nH]c3=O)([C@]3(n4ccc(N)nc4=O)C[C@H](O)[C@@H](CO)O3)C[C@@H]2O[PH](O)(CC=CCC#N)N(C(C)C)C(C)C)(c2ccccc2)c2ccc(OC)cc2)cc1. The molecule has 6 atom stereocenters. The third-order valence-electron chi connectivity index (χ3n) is 13.3. The second-order valence-corrected chi connectivity index (χ2v) is 21.0. The summed E-state index contributed by atoms with van der Waals surface area (Å²) in [5, 5.41) is 31.9. The molecule has 0 bridgehead atoms. The average molecular weight is 998 g/mol. The summed E-state index contributed by atoms with van der Waals surface area (Å²) in [7, 11) is -1.10. The number of rotatable bonds is 20. The van der Waals surface area contributed by atoms with Gasteiger partial charge in [-0.2, -0.15) is 0 Å². The average Bonchev–Trinajstić information content (AvgIpc) is 3.89. The molecular weight excluding hydrogens is 934 g/mol. The number of nitrogen functional groups attached to an aromatic ring is 1. The molecule has 19 nitrogen and oxygen atoms in total. The van der Waals surface area contributed by atoms with Crippen molar-refractivity contribution in [1.29, 1.82) is 5.26 Å². The van der Waals surface area contributed by atoms with Crippen LogP contribution in [-0.4, -0.2) is 109 Å². The fraction of sp³-hybridized carbons (Fsp3) is 0.431. The number of aromatic nitrogens is 4. The van der Waals surface area contributed by atoms with Crippen molar-refractivity contribution < 1.29 is 43.3 Å². The van der Waals surface area contributed by atoms with Crippen LogP contribution in [0.3, 0.4) is 0 Å². The number of hydrogen-bond acceptors (Lipinski definition) is 16. The zero-order valence-electron chi connectivity index (χ0n) is 40.9. The molecule has 0 spiro atoms. The molecule has 20 heteroatoms. The second-order valence-electron chi connectivity index (χ2n) is 18.3. The van der Waals surface area contributed by atoms with Crippen molar-refractivity contribution in [3.05, 3.63) is 163 Å². The number of nitrogens with zero attached hydrogens (tertiary/aromatic N) is 5. The van der Waals surface area contributed by atoms with Crippen molar-refractivity contribution >= 4 is 13.7 Å². The molecule has 2 aliphatic rings. The van der Waals surface area contributed by atoms with Gasteiger partial charge in [0.1, 0.15) is 0 Å². The first-order valence-electron chi connectivity index (χ1n) is 23.4. The molecule has 0 amide bonds. The predicted molar refractivity (Wildman–Crippen MR) is 267 cm³/mol. The van der Waals surface area contributed by atoms with Crippen molar-refractivity contribution in [3.8, 4) is 17.6 Å². The number of hydrogen-bond donors (Lipinski definition) is 5. The Morgan fingerprint density at radius 3 is 2.01 bits per heavy atom. The van der Waals surface area contributed by atoms with E-state index in [1.807, 2.05) is 111 Å². The molecular formula is C51H64N7O12P. The number of methoxy groups -OCH3 is 2. The topological polar surface area (TPSA) is 259 Å². The molecule has 6 N–H and O–H groups in total. The molecule has 71 heavy (non-hydrogen) atoms. The van der Waals surface area contributed by atoms with Gasteiger partial charge in [-0.25, -0.2) is 0 Å². The van der Waals surface area contributed by atoms with Gasteiger partial charge in [0.05, 0.1) is 0 Å². The van der Waals surface area contributed by atoms with Gasteiger partial charge in [-0.1, -0.05) is 0 Å². The number of aryl methyl sites for hydroxylation is 1.